The van der Waals surface area contributed by atoms with Crippen LogP contribution in [0.15, 0.2) is 23.7 Å². The van der Waals surface area contributed by atoms with Crippen molar-refractivity contribution in [1.82, 2.24) is 19.6 Å². The molecule has 1 saturated heterocycles. The molecule has 33 heavy (non-hydrogen) atoms. The quantitative estimate of drug-likeness (QED) is 0.710. The zero-order valence-electron chi connectivity index (χ0n) is 18.9. The number of halogens is 3. The van der Waals surface area contributed by atoms with E-state index in [4.69, 9.17) is 15.0 Å². The lowest BCUT2D eigenvalue weighted by Crippen LogP contribution is -2.53. The highest BCUT2D eigenvalue weighted by molar-refractivity contribution is 7.09. The predicted molar refractivity (Wildman–Crippen MR) is 118 cm³/mol. The van der Waals surface area contributed by atoms with Crippen molar-refractivity contribution < 1.29 is 27.9 Å². The average molecular weight is 487 g/mol. The Hall–Kier alpha value is -2.40. The summed E-state index contributed by atoms with van der Waals surface area (Å²) in [5.74, 6) is -2.11. The van der Waals surface area contributed by atoms with Crippen molar-refractivity contribution in [3.63, 3.8) is 0 Å². The van der Waals surface area contributed by atoms with Crippen LogP contribution in [0.1, 0.15) is 47.6 Å². The number of hydrogen-bond donors (Lipinski definition) is 1. The van der Waals surface area contributed by atoms with Crippen LogP contribution < -0.4 is 0 Å². The summed E-state index contributed by atoms with van der Waals surface area (Å²) in [5.41, 5.74) is 1.90. The zero-order valence-corrected chi connectivity index (χ0v) is 19.7. The fourth-order valence-electron chi connectivity index (χ4n) is 4.40. The molecule has 2 aromatic rings. The number of hydrogen-bond acceptors (Lipinski definition) is 5. The fourth-order valence-corrected chi connectivity index (χ4v) is 5.15. The summed E-state index contributed by atoms with van der Waals surface area (Å²) in [6.07, 6.45) is -0.962. The maximum Gasteiger partial charge on any atom is 0.490 e. The van der Waals surface area contributed by atoms with Crippen molar-refractivity contribution in [2.45, 2.75) is 51.4 Å². The van der Waals surface area contributed by atoms with Crippen LogP contribution in [0.2, 0.25) is 0 Å². The number of likely N-dealkylation sites (tertiary alicyclic amines) is 1. The number of thiophene rings is 1. The van der Waals surface area contributed by atoms with Gasteiger partial charge in [0.15, 0.2) is 0 Å². The molecule has 0 bridgehead atoms. The second-order valence-electron chi connectivity index (χ2n) is 9.11. The van der Waals surface area contributed by atoms with E-state index in [-0.39, 0.29) is 11.3 Å². The van der Waals surface area contributed by atoms with Gasteiger partial charge in [-0.25, -0.2) is 4.79 Å². The van der Waals surface area contributed by atoms with Crippen LogP contribution in [-0.4, -0.2) is 69.4 Å². The SMILES string of the molecule is CC(C)Cn1cc2c(n1)C1(CCN(Cc3cccs3)CC1)CN(C)C2=O.O=C(O)C(F)(F)F. The smallest absolute Gasteiger partial charge is 0.475 e. The Labute approximate surface area is 194 Å². The number of aliphatic carboxylic acids is 1. The second kappa shape index (κ2) is 9.84. The summed E-state index contributed by atoms with van der Waals surface area (Å²) in [6, 6.07) is 4.34. The third-order valence-corrected chi connectivity index (χ3v) is 6.81. The molecule has 0 saturated carbocycles. The van der Waals surface area contributed by atoms with Crippen molar-refractivity contribution >= 4 is 23.2 Å². The Kier molecular flexibility index (Phi) is 7.52. The molecule has 4 rings (SSSR count). The molecule has 7 nitrogen and oxygen atoms in total. The Morgan fingerprint density at radius 1 is 1.30 bits per heavy atom. The highest BCUT2D eigenvalue weighted by atomic mass is 32.1. The lowest BCUT2D eigenvalue weighted by molar-refractivity contribution is -0.192. The molecule has 1 amide bonds. The van der Waals surface area contributed by atoms with Gasteiger partial charge in [-0.05, 0) is 43.3 Å². The van der Waals surface area contributed by atoms with Gasteiger partial charge in [0, 0.05) is 43.2 Å². The summed E-state index contributed by atoms with van der Waals surface area (Å²) < 4.78 is 33.7. The molecule has 2 aromatic heterocycles. The van der Waals surface area contributed by atoms with Gasteiger partial charge in [-0.2, -0.15) is 18.3 Å². The number of aromatic nitrogens is 2. The first-order valence-electron chi connectivity index (χ1n) is 10.8. The van der Waals surface area contributed by atoms with Crippen molar-refractivity contribution in [3.8, 4) is 0 Å². The van der Waals surface area contributed by atoms with Gasteiger partial charge in [-0.15, -0.1) is 11.3 Å². The molecule has 182 valence electrons. The third kappa shape index (κ3) is 5.94. The molecule has 0 atom stereocenters. The van der Waals surface area contributed by atoms with E-state index in [9.17, 15) is 18.0 Å². The highest BCUT2D eigenvalue weighted by Gasteiger charge is 2.46. The van der Waals surface area contributed by atoms with Crippen LogP contribution in [0.4, 0.5) is 13.2 Å². The summed E-state index contributed by atoms with van der Waals surface area (Å²) in [4.78, 5) is 27.4. The Morgan fingerprint density at radius 2 is 1.94 bits per heavy atom. The molecule has 2 aliphatic rings. The number of fused-ring (bicyclic) bond motifs is 2. The molecule has 0 unspecified atom stereocenters. The molecule has 1 N–H and O–H groups in total. The second-order valence-corrected chi connectivity index (χ2v) is 10.1. The van der Waals surface area contributed by atoms with Gasteiger partial charge < -0.3 is 10.0 Å². The van der Waals surface area contributed by atoms with E-state index < -0.39 is 12.1 Å². The Balaban J connectivity index is 0.000000383. The maximum atomic E-state index is 12.7. The first-order valence-corrected chi connectivity index (χ1v) is 11.7. The number of likely N-dealkylation sites (N-methyl/N-ethyl adjacent to an activating group) is 1. The van der Waals surface area contributed by atoms with Gasteiger partial charge in [0.25, 0.3) is 5.91 Å². The summed E-state index contributed by atoms with van der Waals surface area (Å²) in [5, 5.41) is 14.2. The number of carboxylic acid groups (broad SMARTS) is 1. The minimum Gasteiger partial charge on any atom is -0.475 e. The van der Waals surface area contributed by atoms with E-state index in [0.717, 1.165) is 56.8 Å². The van der Waals surface area contributed by atoms with Gasteiger partial charge in [0.2, 0.25) is 0 Å². The number of nitrogens with zero attached hydrogens (tertiary/aromatic N) is 4. The first-order chi connectivity index (χ1) is 15.4. The van der Waals surface area contributed by atoms with Crippen LogP contribution in [-0.2, 0) is 23.3 Å². The molecule has 0 radical (unpaired) electrons. The number of carbonyl (C=O) groups is 2. The van der Waals surface area contributed by atoms with E-state index >= 15 is 0 Å². The van der Waals surface area contributed by atoms with Gasteiger partial charge in [-0.1, -0.05) is 19.9 Å². The average Bonchev–Trinajstić information content (AvgIpc) is 3.38. The van der Waals surface area contributed by atoms with Crippen LogP contribution in [0.5, 0.6) is 0 Å². The molecular weight excluding hydrogens is 457 g/mol. The largest absolute Gasteiger partial charge is 0.490 e. The van der Waals surface area contributed by atoms with Gasteiger partial charge in [0.1, 0.15) is 0 Å². The molecule has 1 spiro atoms. The van der Waals surface area contributed by atoms with E-state index in [2.05, 4.69) is 36.3 Å². The highest BCUT2D eigenvalue weighted by Crippen LogP contribution is 2.41. The van der Waals surface area contributed by atoms with Crippen LogP contribution in [0.25, 0.3) is 0 Å². The molecule has 0 aliphatic carbocycles. The number of rotatable bonds is 4. The maximum absolute atomic E-state index is 12.7. The molecular formula is C22H29F3N4O3S. The number of piperidine rings is 1. The minimum atomic E-state index is -5.08. The van der Waals surface area contributed by atoms with E-state index in [0.29, 0.717) is 5.92 Å². The number of amides is 1. The van der Waals surface area contributed by atoms with Crippen molar-refractivity contribution in [2.75, 3.05) is 26.7 Å². The molecule has 2 aliphatic heterocycles. The monoisotopic (exact) mass is 486 g/mol. The van der Waals surface area contributed by atoms with Gasteiger partial charge in [0.05, 0.1) is 11.3 Å². The van der Waals surface area contributed by atoms with Gasteiger partial charge >= 0.3 is 12.1 Å². The molecule has 1 fully saturated rings. The van der Waals surface area contributed by atoms with Crippen LogP contribution >= 0.6 is 11.3 Å². The zero-order chi connectivity index (χ0) is 24.4. The molecule has 0 aromatic carbocycles. The predicted octanol–water partition coefficient (Wildman–Crippen LogP) is 3.85. The summed E-state index contributed by atoms with van der Waals surface area (Å²) in [6.45, 7) is 9.21. The standard InChI is InChI=1S/C20H28N4OS.C2HF3O2/c1-15(2)11-24-13-17-18(21-24)20(14-22(3)19(17)25)6-8-23(9-7-20)12-16-5-4-10-26-16;3-2(4,5)1(6)7/h4-5,10,13,15H,6-9,11-12,14H2,1-3H3;(H,6,7). The van der Waals surface area contributed by atoms with Crippen molar-refractivity contribution in [3.05, 3.63) is 39.8 Å². The Morgan fingerprint density at radius 3 is 2.45 bits per heavy atom. The van der Waals surface area contributed by atoms with E-state index in [1.54, 1.807) is 0 Å². The van der Waals surface area contributed by atoms with Crippen LogP contribution in [0, 0.1) is 5.92 Å². The summed E-state index contributed by atoms with van der Waals surface area (Å²) in [7, 11) is 1.94. The lowest BCUT2D eigenvalue weighted by atomic mass is 9.72. The topological polar surface area (TPSA) is 78.7 Å². The number of carbonyl (C=O) groups excluding carboxylic acids is 1. The third-order valence-electron chi connectivity index (χ3n) is 5.95. The molecule has 4 heterocycles. The lowest BCUT2D eigenvalue weighted by Gasteiger charge is -2.45. The van der Waals surface area contributed by atoms with E-state index in [1.165, 1.54) is 4.88 Å². The fraction of sp³-hybridized carbons (Fsp3) is 0.591. The van der Waals surface area contributed by atoms with Gasteiger partial charge in [-0.3, -0.25) is 14.4 Å². The van der Waals surface area contributed by atoms with Crippen molar-refractivity contribution in [2.24, 2.45) is 5.92 Å². The number of alkyl halides is 3. The van der Waals surface area contributed by atoms with Crippen LogP contribution in [0.3, 0.4) is 0 Å². The van der Waals surface area contributed by atoms with Crippen molar-refractivity contribution in [1.29, 1.82) is 0 Å². The minimum absolute atomic E-state index is 0.0200. The summed E-state index contributed by atoms with van der Waals surface area (Å²) >= 11 is 1.83. The number of carboxylic acids is 1. The Bertz CT molecular complexity index is 964. The molecule has 11 heteroatoms. The normalized spacial score (nSPS) is 18.3. The first kappa shape index (κ1) is 25.2. The van der Waals surface area contributed by atoms with E-state index in [1.807, 2.05) is 34.2 Å².